The fourth-order valence-electron chi connectivity index (χ4n) is 5.70. The molecule has 5 heteroatoms. The zero-order chi connectivity index (χ0) is 18.7. The highest BCUT2D eigenvalue weighted by atomic mass is 19.3. The van der Waals surface area contributed by atoms with E-state index in [1.807, 2.05) is 0 Å². The summed E-state index contributed by atoms with van der Waals surface area (Å²) in [6.45, 7) is 2.34. The molecule has 0 amide bonds. The Bertz CT molecular complexity index is 451. The van der Waals surface area contributed by atoms with E-state index in [1.165, 1.54) is 38.5 Å². The molecule has 0 spiro atoms. The topological polar surface area (TPSA) is 9.23 Å². The van der Waals surface area contributed by atoms with Crippen LogP contribution in [0.1, 0.15) is 71.1 Å². The van der Waals surface area contributed by atoms with Crippen LogP contribution < -0.4 is 0 Å². The lowest BCUT2D eigenvalue weighted by atomic mass is 9.65. The van der Waals surface area contributed by atoms with Crippen molar-refractivity contribution in [1.82, 2.24) is 0 Å². The van der Waals surface area contributed by atoms with Gasteiger partial charge in [-0.2, -0.15) is 8.78 Å². The Morgan fingerprint density at radius 3 is 1.62 bits per heavy atom. The summed E-state index contributed by atoms with van der Waals surface area (Å²) in [6, 6.07) is 0. The molecule has 0 saturated heterocycles. The van der Waals surface area contributed by atoms with Crippen LogP contribution in [0, 0.1) is 29.6 Å². The summed E-state index contributed by atoms with van der Waals surface area (Å²) in [5.41, 5.74) is 0. The Balaban J connectivity index is 1.47. The van der Waals surface area contributed by atoms with Gasteiger partial charge in [-0.1, -0.05) is 19.8 Å². The van der Waals surface area contributed by atoms with Crippen molar-refractivity contribution < 1.29 is 22.3 Å². The summed E-state index contributed by atoms with van der Waals surface area (Å²) in [5.74, 6) is 2.90. The minimum absolute atomic E-state index is 0.0198. The first-order chi connectivity index (χ1) is 12.4. The first-order valence-corrected chi connectivity index (χ1v) is 10.4. The van der Waals surface area contributed by atoms with E-state index in [9.17, 15) is 17.6 Å². The largest absolute Gasteiger partial charge is 0.486 e. The highest BCUT2D eigenvalue weighted by Gasteiger charge is 2.43. The van der Waals surface area contributed by atoms with Crippen molar-refractivity contribution in [2.75, 3.05) is 0 Å². The predicted octanol–water partition coefficient (Wildman–Crippen LogP) is 6.83. The van der Waals surface area contributed by atoms with E-state index >= 15 is 0 Å². The van der Waals surface area contributed by atoms with E-state index in [4.69, 9.17) is 0 Å². The molecule has 3 aliphatic carbocycles. The minimum atomic E-state index is -2.05. The van der Waals surface area contributed by atoms with Crippen molar-refractivity contribution in [3.8, 4) is 0 Å². The number of hydrogen-bond donors (Lipinski definition) is 0. The SMILES string of the molecule is CC1CCC(C2CCC(C3CC(F)C(OC=C(F)F)C(F)C3)CC2)CC1. The van der Waals surface area contributed by atoms with Crippen LogP contribution in [0.5, 0.6) is 0 Å². The van der Waals surface area contributed by atoms with Crippen LogP contribution >= 0.6 is 0 Å². The number of rotatable bonds is 4. The minimum Gasteiger partial charge on any atom is -0.486 e. The molecule has 0 aromatic carbocycles. The van der Waals surface area contributed by atoms with Crippen molar-refractivity contribution in [1.29, 1.82) is 0 Å². The van der Waals surface area contributed by atoms with E-state index in [1.54, 1.807) is 0 Å². The van der Waals surface area contributed by atoms with E-state index < -0.39 is 24.5 Å². The number of halogens is 4. The van der Waals surface area contributed by atoms with Crippen LogP contribution in [-0.4, -0.2) is 18.4 Å². The summed E-state index contributed by atoms with van der Waals surface area (Å²) in [4.78, 5) is 0. The Labute approximate surface area is 154 Å². The van der Waals surface area contributed by atoms with Gasteiger partial charge in [-0.15, -0.1) is 0 Å². The maximum absolute atomic E-state index is 14.3. The van der Waals surface area contributed by atoms with Crippen LogP contribution in [0.25, 0.3) is 0 Å². The lowest BCUT2D eigenvalue weighted by molar-refractivity contribution is -0.0594. The normalized spacial score (nSPS) is 44.3. The maximum Gasteiger partial charge on any atom is 0.304 e. The molecule has 0 bridgehead atoms. The lowest BCUT2D eigenvalue weighted by Crippen LogP contribution is -2.43. The van der Waals surface area contributed by atoms with Gasteiger partial charge in [-0.25, -0.2) is 8.78 Å². The molecule has 3 aliphatic rings. The molecule has 0 aromatic heterocycles. The third kappa shape index (κ3) is 4.95. The van der Waals surface area contributed by atoms with Gasteiger partial charge in [0.25, 0.3) is 0 Å². The van der Waals surface area contributed by atoms with Gasteiger partial charge in [0.05, 0.1) is 0 Å². The molecule has 1 nitrogen and oxygen atoms in total. The van der Waals surface area contributed by atoms with Crippen LogP contribution in [0.4, 0.5) is 17.6 Å². The average molecular weight is 376 g/mol. The van der Waals surface area contributed by atoms with Gasteiger partial charge in [0.1, 0.15) is 18.6 Å². The lowest BCUT2D eigenvalue weighted by Gasteiger charge is -2.42. The average Bonchev–Trinajstić information content (AvgIpc) is 2.61. The standard InChI is InChI=1S/C21H32F4O/c1-13-2-4-14(5-3-13)15-6-8-16(9-7-15)17-10-18(22)21(19(23)11-17)26-12-20(24)25/h12-19,21H,2-11H2,1H3. The molecule has 3 rings (SSSR count). The summed E-state index contributed by atoms with van der Waals surface area (Å²) in [6.07, 6.45) is 4.08. The van der Waals surface area contributed by atoms with Gasteiger partial charge in [0.15, 0.2) is 6.10 Å². The van der Waals surface area contributed by atoms with Crippen LogP contribution in [0.15, 0.2) is 12.3 Å². The Kier molecular flexibility index (Phi) is 6.90. The zero-order valence-electron chi connectivity index (χ0n) is 15.7. The number of hydrogen-bond acceptors (Lipinski definition) is 1. The molecule has 0 N–H and O–H groups in total. The highest BCUT2D eigenvalue weighted by molar-refractivity contribution is 4.93. The van der Waals surface area contributed by atoms with Crippen molar-refractivity contribution >= 4 is 0 Å². The smallest absolute Gasteiger partial charge is 0.304 e. The molecule has 0 heterocycles. The molecule has 0 aliphatic heterocycles. The molecule has 3 fully saturated rings. The molecule has 150 valence electrons. The Morgan fingerprint density at radius 1 is 0.731 bits per heavy atom. The first-order valence-electron chi connectivity index (χ1n) is 10.4. The van der Waals surface area contributed by atoms with Crippen LogP contribution in [0.3, 0.4) is 0 Å². The Morgan fingerprint density at radius 2 is 1.15 bits per heavy atom. The van der Waals surface area contributed by atoms with Crippen molar-refractivity contribution in [3.05, 3.63) is 12.3 Å². The summed E-state index contributed by atoms with van der Waals surface area (Å²) >= 11 is 0. The van der Waals surface area contributed by atoms with Crippen molar-refractivity contribution in [2.45, 2.75) is 89.6 Å². The predicted molar refractivity (Wildman–Crippen MR) is 94.3 cm³/mol. The van der Waals surface area contributed by atoms with Gasteiger partial charge >= 0.3 is 6.08 Å². The van der Waals surface area contributed by atoms with Gasteiger partial charge in [-0.3, -0.25) is 0 Å². The molecule has 26 heavy (non-hydrogen) atoms. The number of alkyl halides is 2. The van der Waals surface area contributed by atoms with E-state index in [0.29, 0.717) is 5.92 Å². The first kappa shape index (κ1) is 20.0. The maximum atomic E-state index is 14.3. The summed E-state index contributed by atoms with van der Waals surface area (Å²) in [7, 11) is 0. The fourth-order valence-corrected chi connectivity index (χ4v) is 5.70. The third-order valence-electron chi connectivity index (χ3n) is 7.29. The van der Waals surface area contributed by atoms with Gasteiger partial charge in [0.2, 0.25) is 0 Å². The second-order valence-corrected chi connectivity index (χ2v) is 8.97. The molecular weight excluding hydrogens is 344 g/mol. The van der Waals surface area contributed by atoms with Crippen LogP contribution in [-0.2, 0) is 4.74 Å². The molecular formula is C21H32F4O. The second kappa shape index (κ2) is 8.97. The van der Waals surface area contributed by atoms with E-state index in [2.05, 4.69) is 11.7 Å². The molecule has 2 unspecified atom stereocenters. The monoisotopic (exact) mass is 376 g/mol. The van der Waals surface area contributed by atoms with E-state index in [0.717, 1.165) is 30.6 Å². The molecule has 0 aromatic rings. The van der Waals surface area contributed by atoms with Crippen LogP contribution in [0.2, 0.25) is 0 Å². The summed E-state index contributed by atoms with van der Waals surface area (Å²) in [5, 5.41) is 0. The summed E-state index contributed by atoms with van der Waals surface area (Å²) < 4.78 is 57.5. The van der Waals surface area contributed by atoms with E-state index in [-0.39, 0.29) is 25.0 Å². The highest BCUT2D eigenvalue weighted by Crippen LogP contribution is 2.46. The zero-order valence-corrected chi connectivity index (χ0v) is 15.7. The fraction of sp³-hybridized carbons (Fsp3) is 0.905. The van der Waals surface area contributed by atoms with Crippen molar-refractivity contribution in [3.63, 3.8) is 0 Å². The van der Waals surface area contributed by atoms with Gasteiger partial charge in [-0.05, 0) is 81.0 Å². The second-order valence-electron chi connectivity index (χ2n) is 8.97. The van der Waals surface area contributed by atoms with Gasteiger partial charge in [0, 0.05) is 0 Å². The van der Waals surface area contributed by atoms with Crippen molar-refractivity contribution in [2.24, 2.45) is 29.6 Å². The molecule has 3 saturated carbocycles. The quantitative estimate of drug-likeness (QED) is 0.386. The van der Waals surface area contributed by atoms with Gasteiger partial charge < -0.3 is 4.74 Å². The number of ether oxygens (including phenoxy) is 1. The third-order valence-corrected chi connectivity index (χ3v) is 7.29. The Hall–Kier alpha value is -0.740. The molecule has 0 radical (unpaired) electrons. The molecule has 2 atom stereocenters.